The van der Waals surface area contributed by atoms with E-state index in [1.54, 1.807) is 23.9 Å². The number of ether oxygens (including phenoxy) is 1. The van der Waals surface area contributed by atoms with Gasteiger partial charge in [-0.2, -0.15) is 16.1 Å². The van der Waals surface area contributed by atoms with Crippen molar-refractivity contribution in [2.45, 2.75) is 4.90 Å². The van der Waals surface area contributed by atoms with Crippen LogP contribution in [-0.2, 0) is 14.8 Å². The number of nitrogens with zero attached hydrogens (tertiary/aromatic N) is 1. The summed E-state index contributed by atoms with van der Waals surface area (Å²) >= 11 is 1.73. The molecule has 0 atom stereocenters. The minimum Gasteiger partial charge on any atom is -0.465 e. The molecule has 0 saturated carbocycles. The third-order valence-electron chi connectivity index (χ3n) is 2.88. The number of rotatable bonds is 3. The van der Waals surface area contributed by atoms with Gasteiger partial charge in [0.25, 0.3) is 0 Å². The van der Waals surface area contributed by atoms with Crippen molar-refractivity contribution in [3.8, 4) is 0 Å². The molecule has 0 unspecified atom stereocenters. The van der Waals surface area contributed by atoms with Gasteiger partial charge in [0.2, 0.25) is 10.0 Å². The van der Waals surface area contributed by atoms with Crippen LogP contribution in [0.3, 0.4) is 0 Å². The van der Waals surface area contributed by atoms with Gasteiger partial charge < -0.3 is 4.74 Å². The Morgan fingerprint density at radius 2 is 1.89 bits per heavy atom. The number of carbonyl (C=O) groups is 1. The Bertz CT molecular complexity index is 565. The standard InChI is InChI=1S/C12H15NO4S2/c1-17-12(14)10-4-2-3-5-11(10)19(15,16)13-6-8-18-9-7-13/h2-5H,6-9H2,1H3. The summed E-state index contributed by atoms with van der Waals surface area (Å²) < 4.78 is 31.1. The molecule has 0 radical (unpaired) electrons. The van der Waals surface area contributed by atoms with Crippen molar-refractivity contribution in [2.75, 3.05) is 31.7 Å². The zero-order valence-corrected chi connectivity index (χ0v) is 12.2. The molecule has 1 saturated heterocycles. The van der Waals surface area contributed by atoms with E-state index in [1.807, 2.05) is 0 Å². The lowest BCUT2D eigenvalue weighted by Crippen LogP contribution is -2.38. The van der Waals surface area contributed by atoms with Gasteiger partial charge in [-0.05, 0) is 12.1 Å². The maximum atomic E-state index is 12.5. The number of methoxy groups -OCH3 is 1. The van der Waals surface area contributed by atoms with E-state index in [2.05, 4.69) is 4.74 Å². The zero-order chi connectivity index (χ0) is 13.9. The highest BCUT2D eigenvalue weighted by molar-refractivity contribution is 7.99. The number of thioether (sulfide) groups is 1. The quantitative estimate of drug-likeness (QED) is 0.785. The molecule has 0 amide bonds. The van der Waals surface area contributed by atoms with Gasteiger partial charge in [0, 0.05) is 24.6 Å². The van der Waals surface area contributed by atoms with Crippen LogP contribution >= 0.6 is 11.8 Å². The summed E-state index contributed by atoms with van der Waals surface area (Å²) in [5.41, 5.74) is 0.0863. The molecule has 7 heteroatoms. The number of carbonyl (C=O) groups excluding carboxylic acids is 1. The molecular formula is C12H15NO4S2. The SMILES string of the molecule is COC(=O)c1ccccc1S(=O)(=O)N1CCSCC1. The van der Waals surface area contributed by atoms with E-state index >= 15 is 0 Å². The summed E-state index contributed by atoms with van der Waals surface area (Å²) in [6.45, 7) is 0.949. The molecule has 0 aromatic heterocycles. The summed E-state index contributed by atoms with van der Waals surface area (Å²) in [6, 6.07) is 6.15. The Balaban J connectivity index is 2.42. The summed E-state index contributed by atoms with van der Waals surface area (Å²) in [7, 11) is -2.39. The van der Waals surface area contributed by atoms with Gasteiger partial charge in [-0.15, -0.1) is 0 Å². The molecule has 0 spiro atoms. The lowest BCUT2D eigenvalue weighted by atomic mass is 10.2. The van der Waals surface area contributed by atoms with Crippen LogP contribution in [-0.4, -0.2) is 50.4 Å². The predicted octanol–water partition coefficient (Wildman–Crippen LogP) is 1.21. The Hall–Kier alpha value is -1.05. The highest BCUT2D eigenvalue weighted by Crippen LogP contribution is 2.23. The number of hydrogen-bond donors (Lipinski definition) is 0. The van der Waals surface area contributed by atoms with Crippen LogP contribution < -0.4 is 0 Å². The fraction of sp³-hybridized carbons (Fsp3) is 0.417. The van der Waals surface area contributed by atoms with Crippen LogP contribution in [0.15, 0.2) is 29.2 Å². The fourth-order valence-corrected chi connectivity index (χ4v) is 4.65. The molecule has 2 rings (SSSR count). The van der Waals surface area contributed by atoms with Crippen LogP contribution in [0.25, 0.3) is 0 Å². The van der Waals surface area contributed by atoms with Gasteiger partial charge in [-0.25, -0.2) is 13.2 Å². The maximum absolute atomic E-state index is 12.5. The molecule has 1 aromatic carbocycles. The molecule has 104 valence electrons. The van der Waals surface area contributed by atoms with Gasteiger partial charge in [0.15, 0.2) is 0 Å². The topological polar surface area (TPSA) is 63.7 Å². The molecule has 0 bridgehead atoms. The first-order valence-electron chi connectivity index (χ1n) is 5.82. The van der Waals surface area contributed by atoms with E-state index in [0.29, 0.717) is 13.1 Å². The lowest BCUT2D eigenvalue weighted by Gasteiger charge is -2.26. The van der Waals surface area contributed by atoms with E-state index in [0.717, 1.165) is 11.5 Å². The van der Waals surface area contributed by atoms with E-state index in [1.165, 1.54) is 23.5 Å². The Kier molecular flexibility index (Phi) is 4.49. The fourth-order valence-electron chi connectivity index (χ4n) is 1.90. The van der Waals surface area contributed by atoms with Crippen molar-refractivity contribution < 1.29 is 17.9 Å². The molecular weight excluding hydrogens is 286 g/mol. The van der Waals surface area contributed by atoms with Crippen LogP contribution in [0.5, 0.6) is 0 Å². The minimum absolute atomic E-state index is 0.0220. The van der Waals surface area contributed by atoms with E-state index in [9.17, 15) is 13.2 Å². The number of benzene rings is 1. The van der Waals surface area contributed by atoms with Crippen molar-refractivity contribution in [3.05, 3.63) is 29.8 Å². The molecule has 5 nitrogen and oxygen atoms in total. The van der Waals surface area contributed by atoms with Gasteiger partial charge in [0.05, 0.1) is 17.6 Å². The van der Waals surface area contributed by atoms with Crippen LogP contribution in [0.1, 0.15) is 10.4 Å². The van der Waals surface area contributed by atoms with Gasteiger partial charge in [0.1, 0.15) is 0 Å². The van der Waals surface area contributed by atoms with Crippen molar-refractivity contribution in [1.29, 1.82) is 0 Å². The third-order valence-corrected chi connectivity index (χ3v) is 5.78. The molecule has 1 aliphatic heterocycles. The van der Waals surface area contributed by atoms with Crippen LogP contribution in [0.2, 0.25) is 0 Å². The molecule has 1 fully saturated rings. The highest BCUT2D eigenvalue weighted by Gasteiger charge is 2.30. The van der Waals surface area contributed by atoms with Gasteiger partial charge >= 0.3 is 5.97 Å². The molecule has 19 heavy (non-hydrogen) atoms. The normalized spacial score (nSPS) is 17.1. The van der Waals surface area contributed by atoms with Gasteiger partial charge in [-0.3, -0.25) is 0 Å². The molecule has 0 N–H and O–H groups in total. The molecule has 1 aliphatic rings. The monoisotopic (exact) mass is 301 g/mol. The Morgan fingerprint density at radius 3 is 2.53 bits per heavy atom. The average Bonchev–Trinajstić information content (AvgIpc) is 2.47. The van der Waals surface area contributed by atoms with Crippen LogP contribution in [0.4, 0.5) is 0 Å². The molecule has 1 heterocycles. The average molecular weight is 301 g/mol. The molecule has 1 aromatic rings. The second kappa shape index (κ2) is 5.94. The number of sulfonamides is 1. The first-order chi connectivity index (χ1) is 9.07. The smallest absolute Gasteiger partial charge is 0.339 e. The third kappa shape index (κ3) is 2.93. The van der Waals surface area contributed by atoms with Gasteiger partial charge in [-0.1, -0.05) is 12.1 Å². The number of esters is 1. The molecule has 0 aliphatic carbocycles. The predicted molar refractivity (Wildman–Crippen MR) is 73.9 cm³/mol. The summed E-state index contributed by atoms with van der Waals surface area (Å²) in [4.78, 5) is 11.7. The van der Waals surface area contributed by atoms with Crippen molar-refractivity contribution in [3.63, 3.8) is 0 Å². The minimum atomic E-state index is -3.63. The highest BCUT2D eigenvalue weighted by atomic mass is 32.2. The summed E-state index contributed by atoms with van der Waals surface area (Å²) in [5.74, 6) is 0.921. The van der Waals surface area contributed by atoms with E-state index < -0.39 is 16.0 Å². The van der Waals surface area contributed by atoms with E-state index in [4.69, 9.17) is 0 Å². The van der Waals surface area contributed by atoms with Crippen molar-refractivity contribution >= 4 is 27.8 Å². The largest absolute Gasteiger partial charge is 0.465 e. The van der Waals surface area contributed by atoms with Crippen molar-refractivity contribution in [2.24, 2.45) is 0 Å². The zero-order valence-electron chi connectivity index (χ0n) is 10.5. The van der Waals surface area contributed by atoms with Crippen molar-refractivity contribution in [1.82, 2.24) is 4.31 Å². The first-order valence-corrected chi connectivity index (χ1v) is 8.42. The lowest BCUT2D eigenvalue weighted by molar-refractivity contribution is 0.0596. The first kappa shape index (κ1) is 14.4. The van der Waals surface area contributed by atoms with Crippen LogP contribution in [0, 0.1) is 0 Å². The Labute approximate surface area is 117 Å². The second-order valence-corrected chi connectivity index (χ2v) is 7.14. The van der Waals surface area contributed by atoms with E-state index in [-0.39, 0.29) is 10.5 Å². The second-order valence-electron chi connectivity index (χ2n) is 4.00. The number of hydrogen-bond acceptors (Lipinski definition) is 5. The summed E-state index contributed by atoms with van der Waals surface area (Å²) in [6.07, 6.45) is 0. The Morgan fingerprint density at radius 1 is 1.26 bits per heavy atom. The maximum Gasteiger partial charge on any atom is 0.339 e. The summed E-state index contributed by atoms with van der Waals surface area (Å²) in [5, 5.41) is 0.